The number of thiophene rings is 1. The first-order chi connectivity index (χ1) is 13.5. The zero-order valence-corrected chi connectivity index (χ0v) is 16.5. The highest BCUT2D eigenvalue weighted by Gasteiger charge is 2.33. The maximum atomic E-state index is 12.6. The Morgan fingerprint density at radius 2 is 2.11 bits per heavy atom. The lowest BCUT2D eigenvalue weighted by molar-refractivity contribution is -0.140. The molecule has 0 aliphatic carbocycles. The lowest BCUT2D eigenvalue weighted by Crippen LogP contribution is -2.38. The fourth-order valence-electron chi connectivity index (χ4n) is 2.24. The fraction of sp³-hybridized carbons (Fsp3) is 0.353. The van der Waals surface area contributed by atoms with Crippen molar-refractivity contribution in [2.45, 2.75) is 26.1 Å². The van der Waals surface area contributed by atoms with Crippen LogP contribution in [0.5, 0.6) is 0 Å². The smallest absolute Gasteiger partial charge is 0.434 e. The minimum Gasteiger partial charge on any atom is -0.443 e. The molecule has 3 heterocycles. The summed E-state index contributed by atoms with van der Waals surface area (Å²) in [5.41, 5.74) is -0.156. The average molecular weight is 429 g/mol. The van der Waals surface area contributed by atoms with Crippen molar-refractivity contribution in [1.82, 2.24) is 20.6 Å². The minimum absolute atomic E-state index is 0.319. The van der Waals surface area contributed by atoms with Gasteiger partial charge in [-0.3, -0.25) is 0 Å². The van der Waals surface area contributed by atoms with E-state index in [1.807, 2.05) is 24.4 Å². The van der Waals surface area contributed by atoms with Crippen LogP contribution in [0.1, 0.15) is 23.3 Å². The van der Waals surface area contributed by atoms with Crippen LogP contribution in [0.4, 0.5) is 13.2 Å². The number of halogens is 3. The molecule has 0 aromatic carbocycles. The predicted molar refractivity (Wildman–Crippen MR) is 103 cm³/mol. The quantitative estimate of drug-likeness (QED) is 0.435. The molecular weight excluding hydrogens is 411 g/mol. The van der Waals surface area contributed by atoms with E-state index in [4.69, 9.17) is 4.42 Å². The summed E-state index contributed by atoms with van der Waals surface area (Å²) in [4.78, 5) is 13.4. The maximum absolute atomic E-state index is 12.6. The van der Waals surface area contributed by atoms with E-state index in [1.165, 1.54) is 0 Å². The topological polar surface area (TPSA) is 75.3 Å². The van der Waals surface area contributed by atoms with Crippen LogP contribution in [0.2, 0.25) is 0 Å². The summed E-state index contributed by atoms with van der Waals surface area (Å²) in [6.45, 7) is 3.31. The highest BCUT2D eigenvalue weighted by molar-refractivity contribution is 7.13. The van der Waals surface area contributed by atoms with Gasteiger partial charge >= 0.3 is 6.18 Å². The molecule has 3 aromatic heterocycles. The number of aromatic nitrogens is 2. The molecule has 0 fully saturated rings. The number of aliphatic imine (C=N–C) groups is 1. The van der Waals surface area contributed by atoms with Crippen LogP contribution in [0.25, 0.3) is 10.8 Å². The summed E-state index contributed by atoms with van der Waals surface area (Å²) in [5, 5.41) is 9.58. The lowest BCUT2D eigenvalue weighted by Gasteiger charge is -2.10. The van der Waals surface area contributed by atoms with Crippen molar-refractivity contribution in [1.29, 1.82) is 0 Å². The lowest BCUT2D eigenvalue weighted by atomic mass is 10.4. The molecule has 6 nitrogen and oxygen atoms in total. The monoisotopic (exact) mass is 429 g/mol. The van der Waals surface area contributed by atoms with E-state index in [1.54, 1.807) is 17.6 Å². The second-order valence-corrected chi connectivity index (χ2v) is 7.51. The molecule has 0 amide bonds. The third-order valence-electron chi connectivity index (χ3n) is 3.50. The number of thiazole rings is 1. The van der Waals surface area contributed by atoms with Crippen molar-refractivity contribution < 1.29 is 17.6 Å². The molecular formula is C17H18F3N5OS2. The van der Waals surface area contributed by atoms with Gasteiger partial charge in [0.05, 0.1) is 16.4 Å². The summed E-state index contributed by atoms with van der Waals surface area (Å²) in [7, 11) is 0. The van der Waals surface area contributed by atoms with E-state index in [0.29, 0.717) is 48.6 Å². The SMILES string of the molecule is CCNC(=NCc1coc(-c2cccs2)n1)NCCc1nc(C(F)(F)F)cs1. The molecule has 0 bridgehead atoms. The Hall–Kier alpha value is -2.40. The van der Waals surface area contributed by atoms with Crippen LogP contribution in [0, 0.1) is 0 Å². The molecule has 0 saturated heterocycles. The number of nitrogens with zero attached hydrogens (tertiary/aromatic N) is 3. The fourth-order valence-corrected chi connectivity index (χ4v) is 3.70. The van der Waals surface area contributed by atoms with E-state index in [-0.39, 0.29) is 0 Å². The molecule has 3 aromatic rings. The number of rotatable bonds is 7. The van der Waals surface area contributed by atoms with Gasteiger partial charge in [0.15, 0.2) is 11.7 Å². The van der Waals surface area contributed by atoms with Gasteiger partial charge in [-0.1, -0.05) is 6.07 Å². The van der Waals surface area contributed by atoms with E-state index in [9.17, 15) is 13.2 Å². The van der Waals surface area contributed by atoms with E-state index < -0.39 is 11.9 Å². The number of hydrogen-bond donors (Lipinski definition) is 2. The Morgan fingerprint density at radius 1 is 1.25 bits per heavy atom. The summed E-state index contributed by atoms with van der Waals surface area (Å²) in [6, 6.07) is 3.85. The van der Waals surface area contributed by atoms with Crippen LogP contribution in [-0.4, -0.2) is 29.0 Å². The Kier molecular flexibility index (Phi) is 6.68. The first-order valence-electron chi connectivity index (χ1n) is 8.47. The normalized spacial score (nSPS) is 12.4. The standard InChI is InChI=1S/C17H18F3N5OS2/c1-2-21-16(22-6-5-14-25-13(10-28-14)17(18,19)20)23-8-11-9-26-15(24-11)12-4-3-7-27-12/h3-4,7,9-10H,2,5-6,8H2,1H3,(H2,21,22,23). The molecule has 28 heavy (non-hydrogen) atoms. The highest BCUT2D eigenvalue weighted by Crippen LogP contribution is 2.30. The van der Waals surface area contributed by atoms with Gasteiger partial charge < -0.3 is 15.1 Å². The summed E-state index contributed by atoms with van der Waals surface area (Å²) in [5.74, 6) is 1.11. The van der Waals surface area contributed by atoms with Crippen molar-refractivity contribution in [3.05, 3.63) is 45.6 Å². The Balaban J connectivity index is 1.53. The Morgan fingerprint density at radius 3 is 2.79 bits per heavy atom. The first kappa shape index (κ1) is 20.3. The molecule has 0 spiro atoms. The molecule has 0 aliphatic heterocycles. The Bertz CT molecular complexity index is 902. The van der Waals surface area contributed by atoms with Gasteiger partial charge in [0, 0.05) is 24.9 Å². The molecule has 0 aliphatic rings. The van der Waals surface area contributed by atoms with Gasteiger partial charge in [-0.25, -0.2) is 15.0 Å². The second-order valence-electron chi connectivity index (χ2n) is 5.62. The minimum atomic E-state index is -4.40. The summed E-state index contributed by atoms with van der Waals surface area (Å²) < 4.78 is 43.2. The van der Waals surface area contributed by atoms with Crippen molar-refractivity contribution in [3.8, 4) is 10.8 Å². The van der Waals surface area contributed by atoms with Crippen LogP contribution >= 0.6 is 22.7 Å². The number of guanidine groups is 1. The third kappa shape index (κ3) is 5.55. The van der Waals surface area contributed by atoms with Gasteiger partial charge in [0.25, 0.3) is 0 Å². The molecule has 150 valence electrons. The van der Waals surface area contributed by atoms with Crippen LogP contribution in [-0.2, 0) is 19.1 Å². The van der Waals surface area contributed by atoms with Gasteiger partial charge in [0.1, 0.15) is 12.0 Å². The Labute approximate surface area is 167 Å². The zero-order valence-electron chi connectivity index (χ0n) is 14.9. The molecule has 11 heteroatoms. The van der Waals surface area contributed by atoms with E-state index in [0.717, 1.165) is 21.6 Å². The first-order valence-corrected chi connectivity index (χ1v) is 10.2. The van der Waals surface area contributed by atoms with E-state index >= 15 is 0 Å². The molecule has 3 rings (SSSR count). The van der Waals surface area contributed by atoms with E-state index in [2.05, 4.69) is 25.6 Å². The number of oxazole rings is 1. The number of alkyl halides is 3. The largest absolute Gasteiger partial charge is 0.443 e. The van der Waals surface area contributed by atoms with Gasteiger partial charge in [-0.2, -0.15) is 13.2 Å². The average Bonchev–Trinajstić information content (AvgIpc) is 3.39. The second kappa shape index (κ2) is 9.20. The van der Waals surface area contributed by atoms with Crippen molar-refractivity contribution in [2.24, 2.45) is 4.99 Å². The highest BCUT2D eigenvalue weighted by atomic mass is 32.1. The summed E-state index contributed by atoms with van der Waals surface area (Å²) in [6.07, 6.45) is -2.47. The zero-order chi connectivity index (χ0) is 20.0. The van der Waals surface area contributed by atoms with Gasteiger partial charge in [-0.15, -0.1) is 22.7 Å². The molecule has 0 atom stereocenters. The number of nitrogens with one attached hydrogen (secondary N) is 2. The van der Waals surface area contributed by atoms with Crippen molar-refractivity contribution in [3.63, 3.8) is 0 Å². The van der Waals surface area contributed by atoms with Crippen LogP contribution in [0.3, 0.4) is 0 Å². The summed E-state index contributed by atoms with van der Waals surface area (Å²) >= 11 is 2.54. The number of hydrogen-bond acceptors (Lipinski definition) is 6. The molecule has 0 saturated carbocycles. The van der Waals surface area contributed by atoms with Crippen molar-refractivity contribution in [2.75, 3.05) is 13.1 Å². The predicted octanol–water partition coefficient (Wildman–Crippen LogP) is 4.18. The molecule has 0 unspecified atom stereocenters. The van der Waals surface area contributed by atoms with Crippen LogP contribution < -0.4 is 10.6 Å². The molecule has 2 N–H and O–H groups in total. The van der Waals surface area contributed by atoms with Gasteiger partial charge in [-0.05, 0) is 18.4 Å². The van der Waals surface area contributed by atoms with Crippen LogP contribution in [0.15, 0.2) is 38.6 Å². The van der Waals surface area contributed by atoms with Crippen molar-refractivity contribution >= 4 is 28.6 Å². The third-order valence-corrected chi connectivity index (χ3v) is 5.27. The maximum Gasteiger partial charge on any atom is 0.434 e. The molecule has 0 radical (unpaired) electrons. The van der Waals surface area contributed by atoms with Gasteiger partial charge in [0.2, 0.25) is 5.89 Å².